The topological polar surface area (TPSA) is 123 Å². The van der Waals surface area contributed by atoms with E-state index >= 15 is 0 Å². The normalized spacial score (nSPS) is 15.1. The minimum absolute atomic E-state index is 0.0931. The summed E-state index contributed by atoms with van der Waals surface area (Å²) in [5.41, 5.74) is 1.94. The number of rotatable bonds is 7. The average Bonchev–Trinajstić information content (AvgIpc) is 3.52. The molecule has 2 aromatic carbocycles. The third-order valence-electron chi connectivity index (χ3n) is 6.22. The first kappa shape index (κ1) is 25.9. The van der Waals surface area contributed by atoms with Gasteiger partial charge in [0.1, 0.15) is 17.3 Å². The number of furan rings is 1. The van der Waals surface area contributed by atoms with Gasteiger partial charge in [-0.25, -0.2) is 15.0 Å². The van der Waals surface area contributed by atoms with Gasteiger partial charge in [0.05, 0.1) is 40.5 Å². The van der Waals surface area contributed by atoms with Gasteiger partial charge >= 0.3 is 11.7 Å². The molecule has 0 saturated heterocycles. The molecule has 39 heavy (non-hydrogen) atoms. The van der Waals surface area contributed by atoms with E-state index in [0.717, 1.165) is 0 Å². The molecule has 1 aliphatic heterocycles. The molecule has 0 bridgehead atoms. The third-order valence-corrected chi connectivity index (χ3v) is 7.20. The molecule has 1 aliphatic rings. The molecule has 0 saturated carbocycles. The predicted molar refractivity (Wildman–Crippen MR) is 143 cm³/mol. The van der Waals surface area contributed by atoms with Crippen LogP contribution in [0.2, 0.25) is 0 Å². The first-order chi connectivity index (χ1) is 18.8. The van der Waals surface area contributed by atoms with E-state index < -0.39 is 12.0 Å². The number of ether oxygens (including phenoxy) is 2. The van der Waals surface area contributed by atoms with Gasteiger partial charge in [-0.15, -0.1) is 0 Å². The predicted octanol–water partition coefficient (Wildman–Crippen LogP) is 3.87. The van der Waals surface area contributed by atoms with Gasteiger partial charge in [-0.2, -0.15) is 0 Å². The molecule has 198 valence electrons. The molecular formula is C28H24N3O7S+. The Labute approximate surface area is 225 Å². The first-order valence-corrected chi connectivity index (χ1v) is 12.8. The minimum atomic E-state index is -0.730. The quantitative estimate of drug-likeness (QED) is 0.276. The summed E-state index contributed by atoms with van der Waals surface area (Å²) in [6.07, 6.45) is 1.63. The van der Waals surface area contributed by atoms with Crippen molar-refractivity contribution >= 4 is 29.1 Å². The fraction of sp³-hybridized carbons (Fsp3) is 0.179. The summed E-state index contributed by atoms with van der Waals surface area (Å²) in [5.74, 6) is 1.08. The second kappa shape index (κ2) is 10.5. The van der Waals surface area contributed by atoms with Crippen LogP contribution in [0.15, 0.2) is 86.1 Å². The molecule has 0 spiro atoms. The van der Waals surface area contributed by atoms with E-state index in [1.165, 1.54) is 28.0 Å². The maximum Gasteiger partial charge on any atom is 0.338 e. The Morgan fingerprint density at radius 2 is 1.87 bits per heavy atom. The van der Waals surface area contributed by atoms with Gasteiger partial charge in [-0.1, -0.05) is 23.5 Å². The van der Waals surface area contributed by atoms with Crippen molar-refractivity contribution in [3.63, 3.8) is 0 Å². The van der Waals surface area contributed by atoms with E-state index in [4.69, 9.17) is 19.1 Å². The molecule has 11 heteroatoms. The van der Waals surface area contributed by atoms with Gasteiger partial charge in [0.15, 0.2) is 4.80 Å². The lowest BCUT2D eigenvalue weighted by Crippen LogP contribution is -2.39. The number of carbonyl (C=O) groups excluding carboxylic acids is 1. The molecule has 1 unspecified atom stereocenters. The van der Waals surface area contributed by atoms with Crippen molar-refractivity contribution in [3.8, 4) is 17.1 Å². The van der Waals surface area contributed by atoms with Crippen molar-refractivity contribution in [2.75, 3.05) is 13.7 Å². The Bertz CT molecular complexity index is 1780. The van der Waals surface area contributed by atoms with Crippen LogP contribution in [0.1, 0.15) is 31.2 Å². The van der Waals surface area contributed by atoms with Crippen molar-refractivity contribution < 1.29 is 28.8 Å². The number of benzene rings is 2. The molecule has 0 fully saturated rings. The fourth-order valence-corrected chi connectivity index (χ4v) is 5.39. The number of thiazole rings is 1. The highest BCUT2D eigenvalue weighted by Gasteiger charge is 2.33. The highest BCUT2D eigenvalue weighted by Crippen LogP contribution is 2.31. The van der Waals surface area contributed by atoms with Crippen LogP contribution in [0.3, 0.4) is 0 Å². The Hall–Kier alpha value is -4.77. The number of hydrogen-bond acceptors (Lipinski definition) is 8. The van der Waals surface area contributed by atoms with E-state index in [0.29, 0.717) is 49.0 Å². The summed E-state index contributed by atoms with van der Waals surface area (Å²) >= 11 is 1.19. The van der Waals surface area contributed by atoms with Crippen LogP contribution in [-0.2, 0) is 9.53 Å². The summed E-state index contributed by atoms with van der Waals surface area (Å²) < 4.78 is 18.4. The lowest BCUT2D eigenvalue weighted by Gasteiger charge is -2.24. The van der Waals surface area contributed by atoms with Crippen molar-refractivity contribution in [1.82, 2.24) is 4.57 Å². The number of nitrogens with zero attached hydrogens (tertiary/aromatic N) is 3. The molecule has 0 aliphatic carbocycles. The number of aromatic nitrogens is 1. The standard InChI is InChI=1S/C28H24N3O7S/c1-4-37-27(33)24-16(2)29-28-30(25(24)18-7-11-20(36-3)12-8-18)26(32)23(39-28)15-21-13-14-22(38-21)17-5-9-19(10-6-17)31(34)35/h5-15,25H,4H2,1-3H3,(H,34,35)/q+1/b23-15-. The Morgan fingerprint density at radius 3 is 2.51 bits per heavy atom. The van der Waals surface area contributed by atoms with Gasteiger partial charge in [0, 0.05) is 23.8 Å². The Morgan fingerprint density at radius 1 is 1.15 bits per heavy atom. The van der Waals surface area contributed by atoms with Crippen molar-refractivity contribution in [1.29, 1.82) is 0 Å². The number of hydrogen-bond donors (Lipinski definition) is 1. The van der Waals surface area contributed by atoms with Crippen LogP contribution >= 0.6 is 11.3 Å². The van der Waals surface area contributed by atoms with Gasteiger partial charge in [-0.05, 0) is 55.8 Å². The van der Waals surface area contributed by atoms with E-state index in [9.17, 15) is 14.5 Å². The number of esters is 1. The van der Waals surface area contributed by atoms with Crippen molar-refractivity contribution in [2.24, 2.45) is 4.99 Å². The molecule has 0 amide bonds. The van der Waals surface area contributed by atoms with Crippen LogP contribution in [0.4, 0.5) is 5.69 Å². The molecule has 10 nitrogen and oxygen atoms in total. The molecule has 4 aromatic rings. The van der Waals surface area contributed by atoms with Gasteiger partial charge < -0.3 is 13.9 Å². The highest BCUT2D eigenvalue weighted by atomic mass is 32.1. The monoisotopic (exact) mass is 546 g/mol. The van der Waals surface area contributed by atoms with E-state index in [2.05, 4.69) is 4.99 Å². The molecule has 3 heterocycles. The molecule has 5 rings (SSSR count). The van der Waals surface area contributed by atoms with E-state index in [1.807, 2.05) is 12.1 Å². The second-order valence-electron chi connectivity index (χ2n) is 8.60. The van der Waals surface area contributed by atoms with Crippen LogP contribution < -0.4 is 19.6 Å². The van der Waals surface area contributed by atoms with E-state index in [1.54, 1.807) is 63.4 Å². The lowest BCUT2D eigenvalue weighted by atomic mass is 9.96. The van der Waals surface area contributed by atoms with Gasteiger partial charge in [0.25, 0.3) is 10.5 Å². The molecule has 1 N–H and O–H groups in total. The zero-order chi connectivity index (χ0) is 27.7. The summed E-state index contributed by atoms with van der Waals surface area (Å²) in [6.45, 7) is 3.64. The zero-order valence-corrected chi connectivity index (χ0v) is 22.1. The van der Waals surface area contributed by atoms with E-state index in [-0.39, 0.29) is 22.8 Å². The van der Waals surface area contributed by atoms with Crippen LogP contribution in [0.25, 0.3) is 17.4 Å². The molecule has 1 atom stereocenters. The largest absolute Gasteiger partial charge is 0.497 e. The second-order valence-corrected chi connectivity index (χ2v) is 9.61. The first-order valence-electron chi connectivity index (χ1n) is 12.0. The van der Waals surface area contributed by atoms with Crippen LogP contribution in [-0.4, -0.2) is 34.4 Å². The minimum Gasteiger partial charge on any atom is -0.497 e. The van der Waals surface area contributed by atoms with Gasteiger partial charge in [0.2, 0.25) is 0 Å². The Kier molecular flexibility index (Phi) is 6.99. The van der Waals surface area contributed by atoms with Crippen molar-refractivity contribution in [3.05, 3.63) is 108 Å². The average molecular weight is 547 g/mol. The number of carbonyl (C=O) groups is 1. The number of fused-ring (bicyclic) bond motifs is 1. The number of methoxy groups -OCH3 is 1. The molecular weight excluding hydrogens is 522 g/mol. The summed E-state index contributed by atoms with van der Waals surface area (Å²) in [6, 6.07) is 16.1. The highest BCUT2D eigenvalue weighted by molar-refractivity contribution is 7.07. The molecule has 0 radical (unpaired) electrons. The SMILES string of the molecule is CCOC(=O)C1=C(C)N=c2s/c(=C\c3ccc(-c4ccc([N+](=O)O)cc4)o3)c(=O)n2C1c1ccc(OC)cc1. The van der Waals surface area contributed by atoms with Crippen LogP contribution in [0.5, 0.6) is 5.75 Å². The Balaban J connectivity index is 1.59. The smallest absolute Gasteiger partial charge is 0.338 e. The van der Waals surface area contributed by atoms with Crippen LogP contribution in [0, 0.1) is 4.91 Å². The summed E-state index contributed by atoms with van der Waals surface area (Å²) in [7, 11) is 1.57. The summed E-state index contributed by atoms with van der Waals surface area (Å²) in [5, 5.41) is 9.03. The summed E-state index contributed by atoms with van der Waals surface area (Å²) in [4.78, 5) is 42.6. The molecule has 2 aromatic heterocycles. The van der Waals surface area contributed by atoms with Gasteiger partial charge in [-0.3, -0.25) is 9.36 Å². The fourth-order valence-electron chi connectivity index (χ4n) is 4.36. The van der Waals surface area contributed by atoms with Crippen molar-refractivity contribution in [2.45, 2.75) is 19.9 Å². The lowest BCUT2D eigenvalue weighted by molar-refractivity contribution is -0.729. The maximum absolute atomic E-state index is 13.7. The third kappa shape index (κ3) is 4.91. The maximum atomic E-state index is 13.7. The zero-order valence-electron chi connectivity index (χ0n) is 21.3. The number of allylic oxidation sites excluding steroid dienone is 1.